The first kappa shape index (κ1) is 13.8. The van der Waals surface area contributed by atoms with Crippen LogP contribution in [-0.2, 0) is 0 Å². The third-order valence-electron chi connectivity index (χ3n) is 2.24. The molecule has 0 fully saturated rings. The number of halogens is 2. The lowest BCUT2D eigenvalue weighted by molar-refractivity contribution is 0.0938. The lowest BCUT2D eigenvalue weighted by Gasteiger charge is -2.13. The molecule has 0 spiro atoms. The van der Waals surface area contributed by atoms with Crippen LogP contribution in [-0.4, -0.2) is 17.8 Å². The van der Waals surface area contributed by atoms with Crippen LogP contribution < -0.4 is 5.32 Å². The largest absolute Gasteiger partial charge is 0.350 e. The summed E-state index contributed by atoms with van der Waals surface area (Å²) in [5.74, 6) is 0.629. The van der Waals surface area contributed by atoms with Crippen molar-refractivity contribution in [2.24, 2.45) is 0 Å². The molecule has 0 aromatic heterocycles. The summed E-state index contributed by atoms with van der Waals surface area (Å²) >= 11 is 7.80. The zero-order chi connectivity index (χ0) is 12.0. The maximum atomic E-state index is 11.8. The minimum Gasteiger partial charge on any atom is -0.350 e. The molecule has 1 aromatic rings. The predicted octanol–water partition coefficient (Wildman–Crippen LogP) is 3.43. The fraction of sp³-hybridized carbons (Fsp3) is 0.417. The van der Waals surface area contributed by atoms with Crippen LogP contribution in [0.4, 0.5) is 0 Å². The first-order chi connectivity index (χ1) is 7.63. The molecular formula is C12H15ClINO. The summed E-state index contributed by atoms with van der Waals surface area (Å²) in [6.45, 7) is 2.00. The van der Waals surface area contributed by atoms with E-state index in [0.29, 0.717) is 11.4 Å². The van der Waals surface area contributed by atoms with E-state index in [-0.39, 0.29) is 11.9 Å². The Morgan fingerprint density at radius 1 is 1.56 bits per heavy atom. The van der Waals surface area contributed by atoms with E-state index < -0.39 is 0 Å². The van der Waals surface area contributed by atoms with Gasteiger partial charge in [0.1, 0.15) is 0 Å². The number of rotatable bonds is 5. The van der Waals surface area contributed by atoms with E-state index in [0.717, 1.165) is 16.4 Å². The van der Waals surface area contributed by atoms with Crippen molar-refractivity contribution in [1.29, 1.82) is 0 Å². The Labute approximate surface area is 115 Å². The van der Waals surface area contributed by atoms with Crippen LogP contribution in [0.15, 0.2) is 24.3 Å². The highest BCUT2D eigenvalue weighted by Gasteiger charge is 2.09. The number of amides is 1. The van der Waals surface area contributed by atoms with Crippen LogP contribution >= 0.6 is 34.2 Å². The molecule has 16 heavy (non-hydrogen) atoms. The number of benzene rings is 1. The van der Waals surface area contributed by atoms with Gasteiger partial charge in [-0.2, -0.15) is 0 Å². The summed E-state index contributed by atoms with van der Waals surface area (Å²) in [5.41, 5.74) is 0.713. The van der Waals surface area contributed by atoms with Gasteiger partial charge in [0, 0.05) is 21.1 Å². The van der Waals surface area contributed by atoms with E-state index in [1.165, 1.54) is 0 Å². The fourth-order valence-corrected chi connectivity index (χ4v) is 2.09. The van der Waals surface area contributed by atoms with E-state index in [9.17, 15) is 4.79 Å². The van der Waals surface area contributed by atoms with E-state index in [1.54, 1.807) is 0 Å². The first-order valence-electron chi connectivity index (χ1n) is 5.26. The van der Waals surface area contributed by atoms with Gasteiger partial charge >= 0.3 is 0 Å². The molecule has 0 aliphatic rings. The van der Waals surface area contributed by atoms with Gasteiger partial charge in [0.2, 0.25) is 0 Å². The molecule has 0 radical (unpaired) electrons. The summed E-state index contributed by atoms with van der Waals surface area (Å²) < 4.78 is 1.07. The molecule has 1 aromatic carbocycles. The molecule has 2 nitrogen and oxygen atoms in total. The summed E-state index contributed by atoms with van der Waals surface area (Å²) in [4.78, 5) is 11.8. The van der Waals surface area contributed by atoms with Crippen LogP contribution in [0.25, 0.3) is 0 Å². The van der Waals surface area contributed by atoms with Crippen molar-refractivity contribution < 1.29 is 4.79 Å². The molecule has 0 aliphatic heterocycles. The number of nitrogens with one attached hydrogen (secondary N) is 1. The van der Waals surface area contributed by atoms with Crippen molar-refractivity contribution in [3.63, 3.8) is 0 Å². The maximum Gasteiger partial charge on any atom is 0.251 e. The zero-order valence-electron chi connectivity index (χ0n) is 9.17. The van der Waals surface area contributed by atoms with Crippen LogP contribution in [0.2, 0.25) is 0 Å². The van der Waals surface area contributed by atoms with E-state index in [4.69, 9.17) is 11.6 Å². The van der Waals surface area contributed by atoms with Gasteiger partial charge in [-0.3, -0.25) is 4.79 Å². The molecule has 0 aliphatic carbocycles. The Hall–Kier alpha value is -0.290. The molecule has 1 unspecified atom stereocenters. The highest BCUT2D eigenvalue weighted by atomic mass is 127. The van der Waals surface area contributed by atoms with Crippen LogP contribution in [0.5, 0.6) is 0 Å². The number of carbonyl (C=O) groups is 1. The van der Waals surface area contributed by atoms with Crippen LogP contribution in [0.1, 0.15) is 30.1 Å². The lowest BCUT2D eigenvalue weighted by atomic mass is 10.1. The van der Waals surface area contributed by atoms with Gasteiger partial charge in [0.15, 0.2) is 0 Å². The van der Waals surface area contributed by atoms with Crippen molar-refractivity contribution in [1.82, 2.24) is 5.32 Å². The highest BCUT2D eigenvalue weighted by molar-refractivity contribution is 14.1. The molecule has 1 atom stereocenters. The number of hydrogen-bond donors (Lipinski definition) is 1. The fourth-order valence-electron chi connectivity index (χ4n) is 1.39. The van der Waals surface area contributed by atoms with Crippen LogP contribution in [0, 0.1) is 3.57 Å². The molecule has 0 saturated heterocycles. The Morgan fingerprint density at radius 2 is 2.31 bits per heavy atom. The van der Waals surface area contributed by atoms with Crippen molar-refractivity contribution in [2.75, 3.05) is 5.88 Å². The van der Waals surface area contributed by atoms with Gasteiger partial charge in [-0.15, -0.1) is 11.6 Å². The van der Waals surface area contributed by atoms with Crippen molar-refractivity contribution in [3.8, 4) is 0 Å². The molecule has 1 N–H and O–H groups in total. The lowest BCUT2D eigenvalue weighted by Crippen LogP contribution is -2.32. The second kappa shape index (κ2) is 7.12. The standard InChI is InChI=1S/C12H15ClINO/c1-9(4-3-7-13)15-12(16)10-5-2-6-11(14)8-10/h2,5-6,8-9H,3-4,7H2,1H3,(H,15,16). The first-order valence-corrected chi connectivity index (χ1v) is 6.87. The number of hydrogen-bond acceptors (Lipinski definition) is 1. The molecule has 4 heteroatoms. The summed E-state index contributed by atoms with van der Waals surface area (Å²) in [5, 5.41) is 2.96. The molecule has 0 heterocycles. The van der Waals surface area contributed by atoms with Gasteiger partial charge in [-0.1, -0.05) is 6.07 Å². The maximum absolute atomic E-state index is 11.8. The SMILES string of the molecule is CC(CCCCl)NC(=O)c1cccc(I)c1. The van der Waals surface area contributed by atoms with E-state index >= 15 is 0 Å². The van der Waals surface area contributed by atoms with E-state index in [1.807, 2.05) is 31.2 Å². The number of alkyl halides is 1. The van der Waals surface area contributed by atoms with Crippen LogP contribution in [0.3, 0.4) is 0 Å². The normalized spacial score (nSPS) is 12.2. The minimum absolute atomic E-state index is 0.0133. The topological polar surface area (TPSA) is 29.1 Å². The third kappa shape index (κ3) is 4.70. The van der Waals surface area contributed by atoms with Crippen molar-refractivity contribution in [2.45, 2.75) is 25.8 Å². The molecule has 88 valence electrons. The average Bonchev–Trinajstić information content (AvgIpc) is 2.26. The molecular weight excluding hydrogens is 336 g/mol. The quantitative estimate of drug-likeness (QED) is 0.639. The summed E-state index contributed by atoms with van der Waals surface area (Å²) in [6.07, 6.45) is 1.84. The zero-order valence-corrected chi connectivity index (χ0v) is 12.1. The molecule has 0 bridgehead atoms. The van der Waals surface area contributed by atoms with E-state index in [2.05, 4.69) is 27.9 Å². The Morgan fingerprint density at radius 3 is 2.94 bits per heavy atom. The molecule has 0 saturated carbocycles. The Balaban J connectivity index is 2.52. The van der Waals surface area contributed by atoms with Gasteiger partial charge < -0.3 is 5.32 Å². The smallest absolute Gasteiger partial charge is 0.251 e. The average molecular weight is 352 g/mol. The Kier molecular flexibility index (Phi) is 6.13. The van der Waals surface area contributed by atoms with Gasteiger partial charge in [-0.25, -0.2) is 0 Å². The van der Waals surface area contributed by atoms with Gasteiger partial charge in [-0.05, 0) is 60.6 Å². The number of carbonyl (C=O) groups excluding carboxylic acids is 1. The second-order valence-electron chi connectivity index (χ2n) is 3.72. The van der Waals surface area contributed by atoms with Gasteiger partial charge in [0.25, 0.3) is 5.91 Å². The highest BCUT2D eigenvalue weighted by Crippen LogP contribution is 2.08. The molecule has 1 rings (SSSR count). The van der Waals surface area contributed by atoms with Crippen molar-refractivity contribution >= 4 is 40.1 Å². The van der Waals surface area contributed by atoms with Crippen molar-refractivity contribution in [3.05, 3.63) is 33.4 Å². The predicted molar refractivity (Wildman–Crippen MR) is 76.0 cm³/mol. The van der Waals surface area contributed by atoms with Gasteiger partial charge in [0.05, 0.1) is 0 Å². The second-order valence-corrected chi connectivity index (χ2v) is 5.34. The monoisotopic (exact) mass is 351 g/mol. The molecule has 1 amide bonds. The summed E-state index contributed by atoms with van der Waals surface area (Å²) in [7, 11) is 0. The minimum atomic E-state index is -0.0133. The third-order valence-corrected chi connectivity index (χ3v) is 3.17. The summed E-state index contributed by atoms with van der Waals surface area (Å²) in [6, 6.07) is 7.73. The Bertz CT molecular complexity index is 357.